The molecule has 0 fully saturated rings. The third-order valence-electron chi connectivity index (χ3n) is 2.77. The summed E-state index contributed by atoms with van der Waals surface area (Å²) in [6, 6.07) is 3.11. The van der Waals surface area contributed by atoms with Crippen molar-refractivity contribution in [3.8, 4) is 0 Å². The lowest BCUT2D eigenvalue weighted by Crippen LogP contribution is -2.23. The molecule has 18 heavy (non-hydrogen) atoms. The van der Waals surface area contributed by atoms with E-state index in [1.807, 2.05) is 0 Å². The number of carbonyl (C=O) groups is 1. The van der Waals surface area contributed by atoms with Crippen molar-refractivity contribution in [2.75, 3.05) is 7.11 Å². The summed E-state index contributed by atoms with van der Waals surface area (Å²) in [5.74, 6) is -0.286. The summed E-state index contributed by atoms with van der Waals surface area (Å²) in [5, 5.41) is 0. The van der Waals surface area contributed by atoms with Gasteiger partial charge in [-0.15, -0.1) is 0 Å². The van der Waals surface area contributed by atoms with Crippen molar-refractivity contribution in [2.45, 2.75) is 32.5 Å². The lowest BCUT2D eigenvalue weighted by atomic mass is 9.97. The third-order valence-corrected chi connectivity index (χ3v) is 2.77. The fourth-order valence-electron chi connectivity index (χ4n) is 1.75. The molecule has 1 aromatic carbocycles. The summed E-state index contributed by atoms with van der Waals surface area (Å²) >= 11 is 0. The molecule has 0 bridgehead atoms. The Morgan fingerprint density at radius 3 is 2.39 bits per heavy atom. The zero-order chi connectivity index (χ0) is 13.9. The summed E-state index contributed by atoms with van der Waals surface area (Å²) in [7, 11) is 1.41. The number of methoxy groups -OCH3 is 1. The number of ether oxygens (including phenoxy) is 1. The molecule has 0 aliphatic rings. The zero-order valence-electron chi connectivity index (χ0n) is 10.5. The monoisotopic (exact) mass is 260 g/mol. The Labute approximate surface area is 104 Å². The minimum Gasteiger partial charge on any atom is -0.373 e. The van der Waals surface area contributed by atoms with Gasteiger partial charge < -0.3 is 4.74 Å². The lowest BCUT2D eigenvalue weighted by molar-refractivity contribution is -0.137. The zero-order valence-corrected chi connectivity index (χ0v) is 10.5. The van der Waals surface area contributed by atoms with E-state index in [2.05, 4.69) is 0 Å². The van der Waals surface area contributed by atoms with Crippen molar-refractivity contribution in [2.24, 2.45) is 0 Å². The second-order valence-corrected chi connectivity index (χ2v) is 4.02. The van der Waals surface area contributed by atoms with Crippen LogP contribution in [0.1, 0.15) is 34.8 Å². The summed E-state index contributed by atoms with van der Waals surface area (Å²) in [4.78, 5) is 12.0. The molecule has 1 unspecified atom stereocenters. The first-order chi connectivity index (χ1) is 8.31. The highest BCUT2D eigenvalue weighted by atomic mass is 19.4. The van der Waals surface area contributed by atoms with Gasteiger partial charge in [0.15, 0.2) is 5.78 Å². The van der Waals surface area contributed by atoms with E-state index >= 15 is 0 Å². The Balaban J connectivity index is 3.10. The highest BCUT2D eigenvalue weighted by molar-refractivity contribution is 6.00. The maximum absolute atomic E-state index is 12.5. The number of hydrogen-bond acceptors (Lipinski definition) is 2. The number of halogens is 3. The molecule has 1 aromatic rings. The Bertz CT molecular complexity index is 434. The van der Waals surface area contributed by atoms with Gasteiger partial charge in [-0.1, -0.05) is 13.0 Å². The van der Waals surface area contributed by atoms with Crippen LogP contribution in [0.5, 0.6) is 0 Å². The van der Waals surface area contributed by atoms with Crippen LogP contribution in [0.15, 0.2) is 18.2 Å². The topological polar surface area (TPSA) is 26.3 Å². The number of benzene rings is 1. The molecule has 0 saturated carbocycles. The third kappa shape index (κ3) is 3.10. The number of rotatable bonds is 4. The summed E-state index contributed by atoms with van der Waals surface area (Å²) < 4.78 is 42.4. The van der Waals surface area contributed by atoms with Crippen LogP contribution in [-0.2, 0) is 10.9 Å². The Morgan fingerprint density at radius 1 is 1.39 bits per heavy atom. The maximum atomic E-state index is 12.5. The minimum absolute atomic E-state index is 0.275. The van der Waals surface area contributed by atoms with Crippen LogP contribution in [-0.4, -0.2) is 19.0 Å². The predicted molar refractivity (Wildman–Crippen MR) is 61.6 cm³/mol. The van der Waals surface area contributed by atoms with E-state index in [0.29, 0.717) is 12.0 Å². The van der Waals surface area contributed by atoms with E-state index in [9.17, 15) is 18.0 Å². The number of aryl methyl sites for hydroxylation is 1. The van der Waals surface area contributed by atoms with Gasteiger partial charge in [0.1, 0.15) is 6.10 Å². The highest BCUT2D eigenvalue weighted by Gasteiger charge is 2.31. The molecule has 2 nitrogen and oxygen atoms in total. The van der Waals surface area contributed by atoms with E-state index in [1.54, 1.807) is 6.92 Å². The van der Waals surface area contributed by atoms with Crippen molar-refractivity contribution in [3.05, 3.63) is 34.9 Å². The predicted octanol–water partition coefficient (Wildman–Crippen LogP) is 3.62. The molecule has 0 aromatic heterocycles. The van der Waals surface area contributed by atoms with Crippen LogP contribution in [0.25, 0.3) is 0 Å². The van der Waals surface area contributed by atoms with Crippen molar-refractivity contribution in [1.29, 1.82) is 0 Å². The van der Waals surface area contributed by atoms with E-state index in [4.69, 9.17) is 4.74 Å². The second kappa shape index (κ2) is 5.52. The molecule has 5 heteroatoms. The largest absolute Gasteiger partial charge is 0.416 e. The van der Waals surface area contributed by atoms with Gasteiger partial charge >= 0.3 is 6.18 Å². The number of hydrogen-bond donors (Lipinski definition) is 0. The van der Waals surface area contributed by atoms with Gasteiger partial charge in [0.2, 0.25) is 0 Å². The smallest absolute Gasteiger partial charge is 0.373 e. The van der Waals surface area contributed by atoms with Gasteiger partial charge in [-0.3, -0.25) is 4.79 Å². The molecule has 0 N–H and O–H groups in total. The Morgan fingerprint density at radius 2 is 2.00 bits per heavy atom. The summed E-state index contributed by atoms with van der Waals surface area (Å²) in [6.07, 6.45) is -4.52. The average molecular weight is 260 g/mol. The minimum atomic E-state index is -4.39. The first-order valence-corrected chi connectivity index (χ1v) is 5.56. The van der Waals surface area contributed by atoms with Crippen molar-refractivity contribution >= 4 is 5.78 Å². The second-order valence-electron chi connectivity index (χ2n) is 4.02. The fourth-order valence-corrected chi connectivity index (χ4v) is 1.75. The maximum Gasteiger partial charge on any atom is 0.416 e. The molecule has 1 rings (SSSR count). The molecular weight excluding hydrogens is 245 g/mol. The summed E-state index contributed by atoms with van der Waals surface area (Å²) in [5.41, 5.74) is -0.163. The lowest BCUT2D eigenvalue weighted by Gasteiger charge is -2.15. The normalized spacial score (nSPS) is 13.4. The summed E-state index contributed by atoms with van der Waals surface area (Å²) in [6.45, 7) is 3.27. The average Bonchev–Trinajstić information content (AvgIpc) is 2.29. The highest BCUT2D eigenvalue weighted by Crippen LogP contribution is 2.30. The first-order valence-electron chi connectivity index (χ1n) is 5.56. The molecule has 0 amide bonds. The number of carbonyl (C=O) groups excluding carboxylic acids is 1. The molecule has 1 atom stereocenters. The first kappa shape index (κ1) is 14.7. The fraction of sp³-hybridized carbons (Fsp3) is 0.462. The molecule has 0 radical (unpaired) electrons. The molecule has 0 aliphatic heterocycles. The SMILES string of the molecule is CCC(OC)C(=O)c1ccc(C(F)(F)F)cc1C. The van der Waals surface area contributed by atoms with Gasteiger partial charge in [-0.2, -0.15) is 13.2 Å². The number of alkyl halides is 3. The molecule has 0 aliphatic carbocycles. The van der Waals surface area contributed by atoms with Gasteiger partial charge in [0.05, 0.1) is 5.56 Å². The van der Waals surface area contributed by atoms with Crippen LogP contribution in [0, 0.1) is 6.92 Å². The van der Waals surface area contributed by atoms with Gasteiger partial charge in [-0.05, 0) is 31.0 Å². The molecular formula is C13H15F3O2. The van der Waals surface area contributed by atoms with E-state index < -0.39 is 17.8 Å². The van der Waals surface area contributed by atoms with Crippen molar-refractivity contribution in [3.63, 3.8) is 0 Å². The standard InChI is InChI=1S/C13H15F3O2/c1-4-11(18-3)12(17)10-6-5-9(7-8(10)2)13(14,15)16/h5-7,11H,4H2,1-3H3. The quantitative estimate of drug-likeness (QED) is 0.773. The van der Waals surface area contributed by atoms with Gasteiger partial charge in [0, 0.05) is 12.7 Å². The molecule has 0 heterocycles. The number of ketones is 1. The van der Waals surface area contributed by atoms with Crippen molar-refractivity contribution < 1.29 is 22.7 Å². The van der Waals surface area contributed by atoms with E-state index in [0.717, 1.165) is 12.1 Å². The van der Waals surface area contributed by atoms with Crippen LogP contribution < -0.4 is 0 Å². The number of Topliss-reactive ketones (excluding diaryl/α,β-unsaturated/α-hetero) is 1. The Hall–Kier alpha value is -1.36. The van der Waals surface area contributed by atoms with Crippen LogP contribution >= 0.6 is 0 Å². The van der Waals surface area contributed by atoms with Gasteiger partial charge in [0.25, 0.3) is 0 Å². The van der Waals surface area contributed by atoms with Gasteiger partial charge in [-0.25, -0.2) is 0 Å². The van der Waals surface area contributed by atoms with Crippen LogP contribution in [0.3, 0.4) is 0 Å². The molecule has 0 spiro atoms. The van der Waals surface area contributed by atoms with E-state index in [1.165, 1.54) is 20.1 Å². The van der Waals surface area contributed by atoms with Crippen LogP contribution in [0.2, 0.25) is 0 Å². The Kier molecular flexibility index (Phi) is 4.51. The van der Waals surface area contributed by atoms with E-state index in [-0.39, 0.29) is 11.3 Å². The molecule has 100 valence electrons. The van der Waals surface area contributed by atoms with Crippen molar-refractivity contribution in [1.82, 2.24) is 0 Å². The van der Waals surface area contributed by atoms with Crippen LogP contribution in [0.4, 0.5) is 13.2 Å². The molecule has 0 saturated heterocycles.